The summed E-state index contributed by atoms with van der Waals surface area (Å²) in [5.41, 5.74) is 1.59. The molecule has 18 heavy (non-hydrogen) atoms. The van der Waals surface area contributed by atoms with Gasteiger partial charge in [0.15, 0.2) is 0 Å². The quantitative estimate of drug-likeness (QED) is 0.625. The van der Waals surface area contributed by atoms with Gasteiger partial charge >= 0.3 is 5.97 Å². The van der Waals surface area contributed by atoms with Crippen LogP contribution in [0.5, 0.6) is 0 Å². The Kier molecular flexibility index (Phi) is 4.00. The lowest BCUT2D eigenvalue weighted by atomic mass is 10.1. The van der Waals surface area contributed by atoms with Gasteiger partial charge in [-0.25, -0.2) is 9.78 Å². The Morgan fingerprint density at radius 1 is 1.39 bits per heavy atom. The van der Waals surface area contributed by atoms with Crippen LogP contribution >= 0.6 is 22.6 Å². The molecule has 5 heteroatoms. The highest BCUT2D eigenvalue weighted by Gasteiger charge is 2.17. The predicted octanol–water partition coefficient (Wildman–Crippen LogP) is 2.88. The minimum atomic E-state index is -0.370. The van der Waals surface area contributed by atoms with Crippen LogP contribution in [0.15, 0.2) is 36.8 Å². The number of benzene rings is 1. The molecule has 0 fully saturated rings. The Labute approximate surface area is 119 Å². The van der Waals surface area contributed by atoms with Crippen molar-refractivity contribution in [2.75, 3.05) is 7.11 Å². The molecule has 0 aliphatic heterocycles. The van der Waals surface area contributed by atoms with Crippen molar-refractivity contribution in [2.24, 2.45) is 0 Å². The molecule has 0 radical (unpaired) electrons. The maximum atomic E-state index is 11.6. The van der Waals surface area contributed by atoms with Crippen LogP contribution in [0.2, 0.25) is 0 Å². The number of hydrogen-bond donors (Lipinski definition) is 0. The van der Waals surface area contributed by atoms with E-state index in [0.29, 0.717) is 5.69 Å². The van der Waals surface area contributed by atoms with E-state index in [-0.39, 0.29) is 12.0 Å². The van der Waals surface area contributed by atoms with Gasteiger partial charge in [-0.15, -0.1) is 0 Å². The summed E-state index contributed by atoms with van der Waals surface area (Å²) >= 11 is 2.26. The van der Waals surface area contributed by atoms with E-state index in [1.807, 2.05) is 35.8 Å². The normalized spacial score (nSPS) is 12.2. The largest absolute Gasteiger partial charge is 0.464 e. The zero-order valence-corrected chi connectivity index (χ0v) is 12.3. The van der Waals surface area contributed by atoms with Crippen LogP contribution in [-0.4, -0.2) is 22.6 Å². The summed E-state index contributed by atoms with van der Waals surface area (Å²) in [4.78, 5) is 15.6. The van der Waals surface area contributed by atoms with Crippen LogP contribution in [-0.2, 0) is 4.74 Å². The molecule has 4 nitrogen and oxygen atoms in total. The minimum absolute atomic E-state index is 0.0404. The van der Waals surface area contributed by atoms with Gasteiger partial charge in [0.25, 0.3) is 0 Å². The Morgan fingerprint density at radius 3 is 2.67 bits per heavy atom. The molecule has 0 amide bonds. The third-order valence-electron chi connectivity index (χ3n) is 2.83. The zero-order valence-electron chi connectivity index (χ0n) is 10.1. The molecule has 0 unspecified atom stereocenters. The lowest BCUT2D eigenvalue weighted by Gasteiger charge is -2.16. The second kappa shape index (κ2) is 5.51. The highest BCUT2D eigenvalue weighted by molar-refractivity contribution is 14.1. The Morgan fingerprint density at radius 2 is 2.06 bits per heavy atom. The molecule has 0 saturated carbocycles. The van der Waals surface area contributed by atoms with Crippen LogP contribution in [0.25, 0.3) is 0 Å². The third kappa shape index (κ3) is 2.55. The van der Waals surface area contributed by atoms with E-state index >= 15 is 0 Å². The Hall–Kier alpha value is -1.37. The molecule has 1 heterocycles. The first-order valence-electron chi connectivity index (χ1n) is 5.49. The van der Waals surface area contributed by atoms with Crippen molar-refractivity contribution in [3.8, 4) is 0 Å². The van der Waals surface area contributed by atoms with Crippen molar-refractivity contribution < 1.29 is 9.53 Å². The molecule has 2 aromatic rings. The monoisotopic (exact) mass is 360 g/mol. The minimum Gasteiger partial charge on any atom is -0.464 e. The van der Waals surface area contributed by atoms with Gasteiger partial charge < -0.3 is 9.30 Å². The van der Waals surface area contributed by atoms with Crippen molar-refractivity contribution in [3.05, 3.63) is 51.6 Å². The second-order valence-corrected chi connectivity index (χ2v) is 5.15. The molecule has 0 saturated heterocycles. The highest BCUT2D eigenvalue weighted by Crippen LogP contribution is 2.20. The summed E-state index contributed by atoms with van der Waals surface area (Å²) in [5, 5.41) is 0. The molecule has 1 atom stereocenters. The van der Waals surface area contributed by atoms with E-state index in [4.69, 9.17) is 4.74 Å². The number of carbonyl (C=O) groups excluding carboxylic acids is 1. The van der Waals surface area contributed by atoms with Gasteiger partial charge in [0.05, 0.1) is 25.7 Å². The van der Waals surface area contributed by atoms with Crippen LogP contribution in [0.3, 0.4) is 0 Å². The fourth-order valence-corrected chi connectivity index (χ4v) is 2.14. The molecule has 94 valence electrons. The number of hydrogen-bond acceptors (Lipinski definition) is 3. The number of carbonyl (C=O) groups is 1. The average molecular weight is 360 g/mol. The number of aromatic nitrogens is 2. The average Bonchev–Trinajstić information content (AvgIpc) is 2.87. The first kappa shape index (κ1) is 13.1. The van der Waals surface area contributed by atoms with E-state index in [9.17, 15) is 4.79 Å². The third-order valence-corrected chi connectivity index (χ3v) is 3.55. The number of methoxy groups -OCH3 is 1. The zero-order chi connectivity index (χ0) is 13.1. The fraction of sp³-hybridized carbons (Fsp3) is 0.231. The van der Waals surface area contributed by atoms with Crippen molar-refractivity contribution in [3.63, 3.8) is 0 Å². The molecule has 0 N–H and O–H groups in total. The molecule has 0 spiro atoms. The van der Waals surface area contributed by atoms with Gasteiger partial charge in [0, 0.05) is 3.57 Å². The topological polar surface area (TPSA) is 44.1 Å². The molecular weight excluding hydrogens is 347 g/mol. The summed E-state index contributed by atoms with van der Waals surface area (Å²) < 4.78 is 7.74. The molecule has 2 rings (SSSR count). The van der Waals surface area contributed by atoms with E-state index in [0.717, 1.165) is 5.56 Å². The van der Waals surface area contributed by atoms with Gasteiger partial charge in [-0.3, -0.25) is 0 Å². The van der Waals surface area contributed by atoms with E-state index in [1.54, 1.807) is 6.33 Å². The molecule has 0 aliphatic rings. The van der Waals surface area contributed by atoms with Gasteiger partial charge in [0.2, 0.25) is 0 Å². The van der Waals surface area contributed by atoms with E-state index in [1.165, 1.54) is 16.9 Å². The van der Waals surface area contributed by atoms with Crippen LogP contribution in [0, 0.1) is 3.57 Å². The summed E-state index contributed by atoms with van der Waals surface area (Å²) in [6, 6.07) is 8.22. The van der Waals surface area contributed by atoms with Gasteiger partial charge in [-0.2, -0.15) is 0 Å². The van der Waals surface area contributed by atoms with Crippen molar-refractivity contribution in [1.82, 2.24) is 9.55 Å². The summed E-state index contributed by atoms with van der Waals surface area (Å²) in [6.45, 7) is 2.02. The Bertz CT molecular complexity index is 548. The van der Waals surface area contributed by atoms with E-state index in [2.05, 4.69) is 27.6 Å². The summed E-state index contributed by atoms with van der Waals surface area (Å²) in [7, 11) is 1.37. The van der Waals surface area contributed by atoms with Gasteiger partial charge in [-0.05, 0) is 47.2 Å². The molecule has 1 aromatic heterocycles. The summed E-state index contributed by atoms with van der Waals surface area (Å²) in [6.07, 6.45) is 3.17. The van der Waals surface area contributed by atoms with E-state index < -0.39 is 0 Å². The number of imidazole rings is 1. The number of rotatable bonds is 3. The van der Waals surface area contributed by atoms with Crippen molar-refractivity contribution >= 4 is 28.6 Å². The first-order valence-corrected chi connectivity index (χ1v) is 6.57. The maximum Gasteiger partial charge on any atom is 0.356 e. The van der Waals surface area contributed by atoms with Crippen molar-refractivity contribution in [1.29, 1.82) is 0 Å². The SMILES string of the molecule is COC(=O)c1cncn1[C@H](C)c1ccc([131I])cc1. The standard InChI is InChI=1S/C13H13IN2O2/c1-9(10-3-5-11(14)6-4-10)16-8-15-7-12(16)13(17)18-2/h3-9H,1-2H3/t9-/m1/s1/i14+4. The predicted molar refractivity (Wildman–Crippen MR) is 76.5 cm³/mol. The van der Waals surface area contributed by atoms with Gasteiger partial charge in [0.1, 0.15) is 5.69 Å². The highest BCUT2D eigenvalue weighted by atomic mass is 131. The number of ether oxygens (including phenoxy) is 1. The smallest absolute Gasteiger partial charge is 0.356 e. The molecule has 1 aromatic carbocycles. The molecular formula is C13H13IN2O2. The lowest BCUT2D eigenvalue weighted by molar-refractivity contribution is 0.0587. The molecule has 0 bridgehead atoms. The van der Waals surface area contributed by atoms with Crippen LogP contribution in [0.1, 0.15) is 29.0 Å². The lowest BCUT2D eigenvalue weighted by Crippen LogP contribution is -2.14. The van der Waals surface area contributed by atoms with Gasteiger partial charge in [-0.1, -0.05) is 12.1 Å². The van der Waals surface area contributed by atoms with Crippen molar-refractivity contribution in [2.45, 2.75) is 13.0 Å². The number of halogens is 1. The number of nitrogens with zero attached hydrogens (tertiary/aromatic N) is 2. The second-order valence-electron chi connectivity index (χ2n) is 3.91. The summed E-state index contributed by atoms with van der Waals surface area (Å²) in [5.74, 6) is -0.370. The molecule has 0 aliphatic carbocycles. The number of esters is 1. The first-order chi connectivity index (χ1) is 8.63. The van der Waals surface area contributed by atoms with Crippen LogP contribution in [0.4, 0.5) is 0 Å². The Balaban J connectivity index is 2.34. The van der Waals surface area contributed by atoms with Crippen LogP contribution < -0.4 is 0 Å². The maximum absolute atomic E-state index is 11.6. The fourth-order valence-electron chi connectivity index (χ4n) is 1.78.